The molecule has 0 saturated carbocycles. The molecule has 1 unspecified atom stereocenters. The molecule has 5 rings (SSSR count). The van der Waals surface area contributed by atoms with E-state index in [0.717, 1.165) is 27.2 Å². The topological polar surface area (TPSA) is 126 Å². The zero-order valence-electron chi connectivity index (χ0n) is 22.0. The van der Waals surface area contributed by atoms with Crippen LogP contribution in [0.2, 0.25) is 0 Å². The van der Waals surface area contributed by atoms with Gasteiger partial charge in [-0.25, -0.2) is 4.99 Å². The molecule has 8 nitrogen and oxygen atoms in total. The average molecular weight is 523 g/mol. The van der Waals surface area contributed by atoms with Gasteiger partial charge in [-0.1, -0.05) is 67.6 Å². The van der Waals surface area contributed by atoms with Crippen LogP contribution >= 0.6 is 0 Å². The number of nitrogens with two attached hydrogens (primary N) is 2. The lowest BCUT2D eigenvalue weighted by atomic mass is 10.0. The van der Waals surface area contributed by atoms with Gasteiger partial charge in [0.25, 0.3) is 5.91 Å². The van der Waals surface area contributed by atoms with E-state index >= 15 is 0 Å². The van der Waals surface area contributed by atoms with Gasteiger partial charge in [0.1, 0.15) is 6.04 Å². The summed E-state index contributed by atoms with van der Waals surface area (Å²) in [4.78, 5) is 33.1. The molecule has 3 atom stereocenters. The number of hydrogen-bond acceptors (Lipinski definition) is 4. The van der Waals surface area contributed by atoms with Crippen LogP contribution in [0.15, 0.2) is 89.9 Å². The molecule has 0 radical (unpaired) electrons. The highest BCUT2D eigenvalue weighted by Gasteiger charge is 2.36. The summed E-state index contributed by atoms with van der Waals surface area (Å²) in [7, 11) is 0. The number of anilines is 1. The number of nitrogens with one attached hydrogen (secondary N) is 2. The lowest BCUT2D eigenvalue weighted by molar-refractivity contribution is -0.120. The number of hydrogen-bond donors (Lipinski definition) is 4. The van der Waals surface area contributed by atoms with E-state index in [0.29, 0.717) is 31.5 Å². The molecule has 6 N–H and O–H groups in total. The lowest BCUT2D eigenvalue weighted by Crippen LogP contribution is -2.54. The van der Waals surface area contributed by atoms with Gasteiger partial charge in [-0.3, -0.25) is 14.9 Å². The van der Waals surface area contributed by atoms with Gasteiger partial charge in [0.05, 0.1) is 6.04 Å². The molecule has 1 aliphatic heterocycles. The first kappa shape index (κ1) is 26.2. The SMILES string of the molecule is CCC(N=C(N)N)[C@@H]1N[C@H](CNC(=O)c2ccc3ccccc3c2)CCN(c2ccc3ccccc3c2)C1=O. The molecule has 8 heteroatoms. The standard InChI is InChI=1S/C31H34N6O2/c1-2-27(36-31(32)33)28-30(39)37(26-14-13-21-8-4-6-10-23(21)18-26)16-15-25(35-28)19-34-29(38)24-12-11-20-7-3-5-9-22(20)17-24/h3-14,17-18,25,27-28,35H,2,15-16,19H2,1H3,(H,34,38)(H4,32,33,36)/t25-,27?,28-/m0/s1. The number of guanidine groups is 1. The van der Waals surface area contributed by atoms with Crippen molar-refractivity contribution in [1.82, 2.24) is 10.6 Å². The van der Waals surface area contributed by atoms with Crippen LogP contribution in [0.5, 0.6) is 0 Å². The van der Waals surface area contributed by atoms with Crippen LogP contribution in [0.3, 0.4) is 0 Å². The minimum atomic E-state index is -0.645. The highest BCUT2D eigenvalue weighted by molar-refractivity contribution is 6.01. The number of amides is 2. The van der Waals surface area contributed by atoms with Crippen molar-refractivity contribution < 1.29 is 9.59 Å². The number of rotatable bonds is 7. The number of fused-ring (bicyclic) bond motifs is 2. The Balaban J connectivity index is 1.38. The van der Waals surface area contributed by atoms with Crippen LogP contribution in [0.4, 0.5) is 5.69 Å². The van der Waals surface area contributed by atoms with E-state index in [2.05, 4.69) is 15.6 Å². The maximum Gasteiger partial charge on any atom is 0.251 e. The first-order valence-electron chi connectivity index (χ1n) is 13.3. The molecule has 0 aliphatic carbocycles. The molecule has 1 saturated heterocycles. The Morgan fingerprint density at radius 3 is 2.28 bits per heavy atom. The zero-order valence-corrected chi connectivity index (χ0v) is 22.0. The van der Waals surface area contributed by atoms with E-state index < -0.39 is 12.1 Å². The van der Waals surface area contributed by atoms with E-state index in [4.69, 9.17) is 11.5 Å². The van der Waals surface area contributed by atoms with Gasteiger partial charge in [0.2, 0.25) is 5.91 Å². The van der Waals surface area contributed by atoms with Gasteiger partial charge in [0.15, 0.2) is 5.96 Å². The molecule has 0 aromatic heterocycles. The van der Waals surface area contributed by atoms with Crippen LogP contribution in [0.1, 0.15) is 30.1 Å². The molecule has 39 heavy (non-hydrogen) atoms. The van der Waals surface area contributed by atoms with Gasteiger partial charge in [0, 0.05) is 30.4 Å². The maximum absolute atomic E-state index is 13.9. The molecule has 0 spiro atoms. The number of carbonyl (C=O) groups excluding carboxylic acids is 2. The molecule has 4 aromatic carbocycles. The molecule has 4 aromatic rings. The Kier molecular flexibility index (Phi) is 7.74. The van der Waals surface area contributed by atoms with Gasteiger partial charge in [-0.05, 0) is 58.7 Å². The number of nitrogens with zero attached hydrogens (tertiary/aromatic N) is 2. The summed E-state index contributed by atoms with van der Waals surface area (Å²) in [5.74, 6) is -0.304. The predicted molar refractivity (Wildman–Crippen MR) is 158 cm³/mol. The fraction of sp³-hybridized carbons (Fsp3) is 0.258. The minimum Gasteiger partial charge on any atom is -0.370 e. The fourth-order valence-corrected chi connectivity index (χ4v) is 5.25. The Labute approximate surface area is 228 Å². The largest absolute Gasteiger partial charge is 0.370 e. The highest BCUT2D eigenvalue weighted by Crippen LogP contribution is 2.26. The van der Waals surface area contributed by atoms with E-state index in [1.54, 1.807) is 4.90 Å². The Morgan fingerprint density at radius 1 is 0.974 bits per heavy atom. The van der Waals surface area contributed by atoms with Gasteiger partial charge in [-0.15, -0.1) is 0 Å². The summed E-state index contributed by atoms with van der Waals surface area (Å²) >= 11 is 0. The average Bonchev–Trinajstić information content (AvgIpc) is 3.12. The van der Waals surface area contributed by atoms with Crippen LogP contribution < -0.4 is 27.0 Å². The smallest absolute Gasteiger partial charge is 0.251 e. The summed E-state index contributed by atoms with van der Waals surface area (Å²) in [5.41, 5.74) is 12.9. The van der Waals surface area contributed by atoms with Crippen molar-refractivity contribution in [2.45, 2.75) is 37.9 Å². The third-order valence-corrected chi connectivity index (χ3v) is 7.33. The number of aliphatic imine (C=N–C) groups is 1. The van der Waals surface area contributed by atoms with Gasteiger partial charge >= 0.3 is 0 Å². The van der Waals surface area contributed by atoms with Crippen LogP contribution in [0, 0.1) is 0 Å². The second-order valence-electron chi connectivity index (χ2n) is 9.95. The van der Waals surface area contributed by atoms with E-state index in [1.165, 1.54) is 0 Å². The molecule has 2 amide bonds. The third kappa shape index (κ3) is 5.86. The maximum atomic E-state index is 13.9. The minimum absolute atomic E-state index is 0.0564. The van der Waals surface area contributed by atoms with E-state index in [1.807, 2.05) is 91.9 Å². The fourth-order valence-electron chi connectivity index (χ4n) is 5.25. The second-order valence-corrected chi connectivity index (χ2v) is 9.95. The molecule has 0 bridgehead atoms. The number of carbonyl (C=O) groups is 2. The lowest BCUT2D eigenvalue weighted by Gasteiger charge is -2.28. The highest BCUT2D eigenvalue weighted by atomic mass is 16.2. The summed E-state index contributed by atoms with van der Waals surface area (Å²) < 4.78 is 0. The Hall–Kier alpha value is -4.43. The van der Waals surface area contributed by atoms with Crippen molar-refractivity contribution in [3.63, 3.8) is 0 Å². The third-order valence-electron chi connectivity index (χ3n) is 7.33. The second kappa shape index (κ2) is 11.5. The molecule has 1 heterocycles. The first-order chi connectivity index (χ1) is 18.9. The monoisotopic (exact) mass is 522 g/mol. The quantitative estimate of drug-likeness (QED) is 0.218. The van der Waals surface area contributed by atoms with Crippen molar-refractivity contribution in [2.24, 2.45) is 16.5 Å². The molecular weight excluding hydrogens is 488 g/mol. The predicted octanol–water partition coefficient (Wildman–Crippen LogP) is 3.54. The molecule has 200 valence electrons. The van der Waals surface area contributed by atoms with Crippen molar-refractivity contribution in [3.05, 3.63) is 90.5 Å². The van der Waals surface area contributed by atoms with Crippen LogP contribution in [-0.2, 0) is 4.79 Å². The molecular formula is C31H34N6O2. The zero-order chi connectivity index (χ0) is 27.4. The van der Waals surface area contributed by atoms with Crippen LogP contribution in [0.25, 0.3) is 21.5 Å². The van der Waals surface area contributed by atoms with Gasteiger partial charge in [-0.2, -0.15) is 0 Å². The first-order valence-corrected chi connectivity index (χ1v) is 13.3. The Bertz CT molecular complexity index is 1530. The van der Waals surface area contributed by atoms with E-state index in [9.17, 15) is 9.59 Å². The van der Waals surface area contributed by atoms with Crippen molar-refractivity contribution in [3.8, 4) is 0 Å². The van der Waals surface area contributed by atoms with Crippen LogP contribution in [-0.4, -0.2) is 49.0 Å². The van der Waals surface area contributed by atoms with E-state index in [-0.39, 0.29) is 23.8 Å². The summed E-state index contributed by atoms with van der Waals surface area (Å²) in [5, 5.41) is 10.8. The van der Waals surface area contributed by atoms with Crippen molar-refractivity contribution in [2.75, 3.05) is 18.0 Å². The molecule has 1 fully saturated rings. The summed E-state index contributed by atoms with van der Waals surface area (Å²) in [6, 6.07) is 26.5. The van der Waals surface area contributed by atoms with Crippen molar-refractivity contribution >= 4 is 45.0 Å². The number of benzene rings is 4. The normalized spacial score (nSPS) is 18.5. The van der Waals surface area contributed by atoms with Crippen molar-refractivity contribution in [1.29, 1.82) is 0 Å². The Morgan fingerprint density at radius 2 is 1.62 bits per heavy atom. The summed E-state index contributed by atoms with van der Waals surface area (Å²) in [6.45, 7) is 2.81. The summed E-state index contributed by atoms with van der Waals surface area (Å²) in [6.07, 6.45) is 1.22. The molecule has 1 aliphatic rings. The van der Waals surface area contributed by atoms with Gasteiger partial charge < -0.3 is 21.7 Å².